The molecule has 0 heterocycles. The van der Waals surface area contributed by atoms with E-state index in [0.29, 0.717) is 17.4 Å². The van der Waals surface area contributed by atoms with Crippen molar-refractivity contribution in [3.63, 3.8) is 0 Å². The summed E-state index contributed by atoms with van der Waals surface area (Å²) in [5, 5.41) is 8.39. The molecule has 0 aliphatic carbocycles. The summed E-state index contributed by atoms with van der Waals surface area (Å²) >= 11 is 0. The predicted molar refractivity (Wildman–Crippen MR) is 111 cm³/mol. The lowest BCUT2D eigenvalue weighted by Gasteiger charge is -2.09. The van der Waals surface area contributed by atoms with Crippen molar-refractivity contribution in [2.45, 2.75) is 26.1 Å². The summed E-state index contributed by atoms with van der Waals surface area (Å²) in [4.78, 5) is 35.2. The Bertz CT molecular complexity index is 989. The molecule has 0 spiro atoms. The first-order valence-electron chi connectivity index (χ1n) is 9.38. The fourth-order valence-electron chi connectivity index (χ4n) is 2.34. The number of carbonyl (C=O) groups is 3. The van der Waals surface area contributed by atoms with Gasteiger partial charge in [0.05, 0.1) is 11.8 Å². The van der Waals surface area contributed by atoms with Gasteiger partial charge in [0.2, 0.25) is 0 Å². The molecule has 0 unspecified atom stereocenters. The van der Waals surface area contributed by atoms with Gasteiger partial charge in [-0.2, -0.15) is 18.3 Å². The lowest BCUT2D eigenvalue weighted by Crippen LogP contribution is -2.34. The lowest BCUT2D eigenvalue weighted by molar-refractivity contribution is -0.137. The van der Waals surface area contributed by atoms with Gasteiger partial charge in [-0.05, 0) is 61.9 Å². The van der Waals surface area contributed by atoms with Crippen LogP contribution >= 0.6 is 0 Å². The highest BCUT2D eigenvalue weighted by molar-refractivity contribution is 6.39. The maximum absolute atomic E-state index is 12.7. The second kappa shape index (κ2) is 10.9. The molecular formula is C21H21F3N4O4. The third-order valence-electron chi connectivity index (χ3n) is 3.73. The third-order valence-corrected chi connectivity index (χ3v) is 3.73. The zero-order chi connectivity index (χ0) is 23.7. The van der Waals surface area contributed by atoms with Crippen LogP contribution in [-0.4, -0.2) is 36.6 Å². The largest absolute Gasteiger partial charge is 0.484 e. The van der Waals surface area contributed by atoms with Crippen LogP contribution in [-0.2, 0) is 20.6 Å². The molecule has 32 heavy (non-hydrogen) atoms. The number of nitrogens with zero attached hydrogens (tertiary/aromatic N) is 1. The number of halogens is 3. The molecule has 2 aromatic carbocycles. The summed E-state index contributed by atoms with van der Waals surface area (Å²) in [6.07, 6.45) is -3.32. The summed E-state index contributed by atoms with van der Waals surface area (Å²) in [5.41, 5.74) is 1.40. The number of amides is 3. The van der Waals surface area contributed by atoms with Crippen molar-refractivity contribution in [2.24, 2.45) is 5.10 Å². The molecular weight excluding hydrogens is 429 g/mol. The SMILES string of the molecule is CC(C)NC(=O)COc1ccc(C=NNC(=O)C(=O)Nc2cccc(C(F)(F)F)c2)cc1. The highest BCUT2D eigenvalue weighted by atomic mass is 19.4. The predicted octanol–water partition coefficient (Wildman–Crippen LogP) is 2.70. The van der Waals surface area contributed by atoms with E-state index >= 15 is 0 Å². The van der Waals surface area contributed by atoms with Crippen LogP contribution in [0.5, 0.6) is 5.75 Å². The monoisotopic (exact) mass is 450 g/mol. The summed E-state index contributed by atoms with van der Waals surface area (Å²) in [7, 11) is 0. The van der Waals surface area contributed by atoms with Crippen LogP contribution in [0, 0.1) is 0 Å². The second-order valence-electron chi connectivity index (χ2n) is 6.81. The Morgan fingerprint density at radius 3 is 2.38 bits per heavy atom. The highest BCUT2D eigenvalue weighted by Gasteiger charge is 2.30. The molecule has 11 heteroatoms. The first kappa shape index (κ1) is 24.4. The van der Waals surface area contributed by atoms with Gasteiger partial charge in [0.25, 0.3) is 5.91 Å². The Hall–Kier alpha value is -3.89. The molecule has 0 aliphatic heterocycles. The molecule has 3 amide bonds. The van der Waals surface area contributed by atoms with Crippen LogP contribution in [0.3, 0.4) is 0 Å². The summed E-state index contributed by atoms with van der Waals surface area (Å²) in [6, 6.07) is 10.3. The minimum Gasteiger partial charge on any atom is -0.484 e. The van der Waals surface area contributed by atoms with E-state index in [1.54, 1.807) is 24.3 Å². The topological polar surface area (TPSA) is 109 Å². The van der Waals surface area contributed by atoms with Crippen LogP contribution < -0.4 is 20.8 Å². The minimum absolute atomic E-state index is 0.00651. The average molecular weight is 450 g/mol. The van der Waals surface area contributed by atoms with Gasteiger partial charge in [-0.25, -0.2) is 5.43 Å². The Balaban J connectivity index is 1.84. The van der Waals surface area contributed by atoms with Gasteiger partial charge >= 0.3 is 18.0 Å². The molecule has 0 saturated carbocycles. The number of rotatable bonds is 7. The van der Waals surface area contributed by atoms with E-state index in [0.717, 1.165) is 12.1 Å². The number of benzene rings is 2. The summed E-state index contributed by atoms with van der Waals surface area (Å²) in [6.45, 7) is 3.53. The van der Waals surface area contributed by atoms with E-state index in [9.17, 15) is 27.6 Å². The smallest absolute Gasteiger partial charge is 0.416 e. The number of alkyl halides is 3. The van der Waals surface area contributed by atoms with Crippen LogP contribution in [0.25, 0.3) is 0 Å². The maximum Gasteiger partial charge on any atom is 0.416 e. The quantitative estimate of drug-likeness (QED) is 0.342. The van der Waals surface area contributed by atoms with Crippen LogP contribution in [0.2, 0.25) is 0 Å². The van der Waals surface area contributed by atoms with Crippen molar-refractivity contribution in [3.05, 3.63) is 59.7 Å². The van der Waals surface area contributed by atoms with Gasteiger partial charge in [0, 0.05) is 11.7 Å². The molecule has 170 valence electrons. The highest BCUT2D eigenvalue weighted by Crippen LogP contribution is 2.30. The normalized spacial score (nSPS) is 11.3. The molecule has 0 fully saturated rings. The Labute approximate surface area is 181 Å². The summed E-state index contributed by atoms with van der Waals surface area (Å²) in [5.74, 6) is -2.14. The van der Waals surface area contributed by atoms with Gasteiger partial charge in [0.15, 0.2) is 6.61 Å². The molecule has 0 bridgehead atoms. The van der Waals surface area contributed by atoms with Gasteiger partial charge in [0.1, 0.15) is 5.75 Å². The van der Waals surface area contributed by atoms with Crippen molar-refractivity contribution in [3.8, 4) is 5.75 Å². The van der Waals surface area contributed by atoms with Gasteiger partial charge in [-0.3, -0.25) is 14.4 Å². The molecule has 8 nitrogen and oxygen atoms in total. The zero-order valence-corrected chi connectivity index (χ0v) is 17.2. The number of anilines is 1. The van der Waals surface area contributed by atoms with E-state index < -0.39 is 23.6 Å². The van der Waals surface area contributed by atoms with Crippen molar-refractivity contribution in [2.75, 3.05) is 11.9 Å². The molecule has 2 aromatic rings. The van der Waals surface area contributed by atoms with E-state index in [1.165, 1.54) is 12.3 Å². The number of hydrazone groups is 1. The number of nitrogens with one attached hydrogen (secondary N) is 3. The van der Waals surface area contributed by atoms with Crippen LogP contribution in [0.15, 0.2) is 53.6 Å². The van der Waals surface area contributed by atoms with Gasteiger partial charge in [-0.1, -0.05) is 6.07 Å². The maximum atomic E-state index is 12.7. The first-order chi connectivity index (χ1) is 15.0. The fraction of sp³-hybridized carbons (Fsp3) is 0.238. The Morgan fingerprint density at radius 2 is 1.75 bits per heavy atom. The Morgan fingerprint density at radius 1 is 1.06 bits per heavy atom. The second-order valence-corrected chi connectivity index (χ2v) is 6.81. The van der Waals surface area contributed by atoms with Crippen molar-refractivity contribution in [1.29, 1.82) is 0 Å². The van der Waals surface area contributed by atoms with Gasteiger partial charge in [-0.15, -0.1) is 0 Å². The first-order valence-corrected chi connectivity index (χ1v) is 9.38. The van der Waals surface area contributed by atoms with E-state index in [4.69, 9.17) is 4.74 Å². The lowest BCUT2D eigenvalue weighted by atomic mass is 10.2. The van der Waals surface area contributed by atoms with Crippen LogP contribution in [0.1, 0.15) is 25.0 Å². The van der Waals surface area contributed by atoms with Crippen molar-refractivity contribution < 1.29 is 32.3 Å². The number of carbonyl (C=O) groups excluding carboxylic acids is 3. The number of hydrogen-bond donors (Lipinski definition) is 3. The number of hydrogen-bond acceptors (Lipinski definition) is 5. The molecule has 0 saturated heterocycles. The number of ether oxygens (including phenoxy) is 1. The fourth-order valence-corrected chi connectivity index (χ4v) is 2.34. The van der Waals surface area contributed by atoms with E-state index in [1.807, 2.05) is 19.3 Å². The van der Waals surface area contributed by atoms with Crippen LogP contribution in [0.4, 0.5) is 18.9 Å². The molecule has 2 rings (SSSR count). The standard InChI is InChI=1S/C21H21F3N4O4/c1-13(2)26-18(29)12-32-17-8-6-14(7-9-17)11-25-28-20(31)19(30)27-16-5-3-4-15(10-16)21(22,23)24/h3-11,13H,12H2,1-2H3,(H,26,29)(H,27,30)(H,28,31). The van der Waals surface area contributed by atoms with Crippen molar-refractivity contribution >= 4 is 29.6 Å². The zero-order valence-electron chi connectivity index (χ0n) is 17.2. The van der Waals surface area contributed by atoms with Crippen molar-refractivity contribution in [1.82, 2.24) is 10.7 Å². The average Bonchev–Trinajstić information content (AvgIpc) is 2.72. The molecule has 0 atom stereocenters. The molecule has 0 aliphatic rings. The minimum atomic E-state index is -4.58. The summed E-state index contributed by atoms with van der Waals surface area (Å²) < 4.78 is 43.4. The molecule has 0 aromatic heterocycles. The third kappa shape index (κ3) is 8.09. The van der Waals surface area contributed by atoms with E-state index in [-0.39, 0.29) is 24.2 Å². The molecule has 3 N–H and O–H groups in total. The Kier molecular flexibility index (Phi) is 8.33. The van der Waals surface area contributed by atoms with Gasteiger partial charge < -0.3 is 15.4 Å². The molecule has 0 radical (unpaired) electrons. The van der Waals surface area contributed by atoms with E-state index in [2.05, 4.69) is 15.7 Å².